The number of nitrogens with zero attached hydrogens (tertiary/aromatic N) is 2. The normalized spacial score (nSPS) is 18.5. The van der Waals surface area contributed by atoms with Crippen molar-refractivity contribution in [2.75, 3.05) is 32.8 Å². The Labute approximate surface area is 140 Å². The third kappa shape index (κ3) is 4.90. The zero-order valence-corrected chi connectivity index (χ0v) is 13.9. The van der Waals surface area contributed by atoms with Crippen LogP contribution in [0.15, 0.2) is 18.2 Å². The monoisotopic (exact) mass is 337 g/mol. The maximum absolute atomic E-state index is 12.1. The highest BCUT2D eigenvalue weighted by Gasteiger charge is 2.22. The molecule has 1 aromatic carbocycles. The predicted molar refractivity (Wildman–Crippen MR) is 88.1 cm³/mol. The van der Waals surface area contributed by atoms with Crippen molar-refractivity contribution < 1.29 is 19.6 Å². The first-order valence-corrected chi connectivity index (χ1v) is 7.96. The van der Waals surface area contributed by atoms with E-state index in [1.54, 1.807) is 0 Å². The lowest BCUT2D eigenvalue weighted by atomic mass is 10.1. The fraction of sp³-hybridized carbons (Fsp3) is 0.562. The number of amides is 1. The van der Waals surface area contributed by atoms with E-state index in [0.29, 0.717) is 19.1 Å². The summed E-state index contributed by atoms with van der Waals surface area (Å²) in [6.45, 7) is 7.93. The van der Waals surface area contributed by atoms with E-state index in [9.17, 15) is 20.0 Å². The maximum atomic E-state index is 12.1. The Morgan fingerprint density at radius 1 is 1.54 bits per heavy atom. The number of hydrogen-bond donors (Lipinski definition) is 2. The van der Waals surface area contributed by atoms with E-state index in [1.165, 1.54) is 6.07 Å². The molecule has 1 atom stereocenters. The molecule has 1 aliphatic rings. The lowest BCUT2D eigenvalue weighted by molar-refractivity contribution is -0.385. The molecule has 1 amide bonds. The number of aromatic hydroxyl groups is 1. The molecule has 24 heavy (non-hydrogen) atoms. The van der Waals surface area contributed by atoms with Crippen molar-refractivity contribution in [2.45, 2.75) is 20.0 Å². The number of phenols is 1. The summed E-state index contributed by atoms with van der Waals surface area (Å²) < 4.78 is 5.66. The third-order valence-electron chi connectivity index (χ3n) is 3.77. The Kier molecular flexibility index (Phi) is 6.10. The van der Waals surface area contributed by atoms with Crippen LogP contribution in [0.25, 0.3) is 0 Å². The number of carbonyl (C=O) groups is 1. The first-order chi connectivity index (χ1) is 11.4. The van der Waals surface area contributed by atoms with Crippen LogP contribution in [0.1, 0.15) is 24.2 Å². The molecule has 1 saturated heterocycles. The fourth-order valence-corrected chi connectivity index (χ4v) is 2.71. The Bertz CT molecular complexity index is 605. The molecule has 1 aromatic rings. The molecule has 0 aromatic heterocycles. The van der Waals surface area contributed by atoms with Gasteiger partial charge in [-0.3, -0.25) is 19.8 Å². The van der Waals surface area contributed by atoms with Gasteiger partial charge in [-0.1, -0.05) is 13.8 Å². The molecule has 0 radical (unpaired) electrons. The maximum Gasteiger partial charge on any atom is 0.310 e. The standard InChI is InChI=1S/C16H23N3O5/c1-11(2)9-18-5-6-24-13(10-18)8-17-16(21)12-3-4-14(19(22)23)15(20)7-12/h3-4,7,11,13,20H,5-6,8-10H2,1-2H3,(H,17,21). The summed E-state index contributed by atoms with van der Waals surface area (Å²) >= 11 is 0. The van der Waals surface area contributed by atoms with E-state index in [2.05, 4.69) is 24.1 Å². The molecule has 1 heterocycles. The molecule has 0 spiro atoms. The van der Waals surface area contributed by atoms with Gasteiger partial charge in [0.2, 0.25) is 0 Å². The van der Waals surface area contributed by atoms with E-state index in [-0.39, 0.29) is 11.7 Å². The number of phenolic OH excluding ortho intramolecular Hbond substituents is 1. The molecular formula is C16H23N3O5. The third-order valence-corrected chi connectivity index (χ3v) is 3.77. The van der Waals surface area contributed by atoms with E-state index in [1.807, 2.05) is 0 Å². The van der Waals surface area contributed by atoms with Gasteiger partial charge in [-0.05, 0) is 18.1 Å². The number of ether oxygens (including phenoxy) is 1. The average molecular weight is 337 g/mol. The zero-order chi connectivity index (χ0) is 17.7. The molecule has 0 bridgehead atoms. The average Bonchev–Trinajstić information content (AvgIpc) is 2.51. The largest absolute Gasteiger partial charge is 0.502 e. The first kappa shape index (κ1) is 18.2. The minimum atomic E-state index is -0.698. The van der Waals surface area contributed by atoms with Gasteiger partial charge in [-0.2, -0.15) is 0 Å². The predicted octanol–water partition coefficient (Wildman–Crippen LogP) is 1.39. The van der Waals surface area contributed by atoms with Crippen molar-refractivity contribution >= 4 is 11.6 Å². The molecule has 1 unspecified atom stereocenters. The second kappa shape index (κ2) is 8.07. The Morgan fingerprint density at radius 3 is 2.92 bits per heavy atom. The first-order valence-electron chi connectivity index (χ1n) is 7.96. The zero-order valence-electron chi connectivity index (χ0n) is 13.9. The SMILES string of the molecule is CC(C)CN1CCOC(CNC(=O)c2ccc([N+](=O)[O-])c(O)c2)C1. The number of benzene rings is 1. The van der Waals surface area contributed by atoms with Crippen molar-refractivity contribution in [1.29, 1.82) is 0 Å². The van der Waals surface area contributed by atoms with Crippen molar-refractivity contribution in [2.24, 2.45) is 5.92 Å². The minimum absolute atomic E-state index is 0.0897. The van der Waals surface area contributed by atoms with Gasteiger partial charge in [0, 0.05) is 37.8 Å². The molecule has 1 fully saturated rings. The number of nitro groups is 1. The van der Waals surface area contributed by atoms with Crippen LogP contribution in [0.2, 0.25) is 0 Å². The van der Waals surface area contributed by atoms with Gasteiger partial charge in [-0.15, -0.1) is 0 Å². The topological polar surface area (TPSA) is 105 Å². The molecule has 132 valence electrons. The molecule has 0 aliphatic carbocycles. The van der Waals surface area contributed by atoms with Crippen molar-refractivity contribution in [1.82, 2.24) is 10.2 Å². The smallest absolute Gasteiger partial charge is 0.310 e. The van der Waals surface area contributed by atoms with Crippen molar-refractivity contribution in [3.8, 4) is 5.75 Å². The molecule has 1 aliphatic heterocycles. The summed E-state index contributed by atoms with van der Waals surface area (Å²) in [5, 5.41) is 23.0. The summed E-state index contributed by atoms with van der Waals surface area (Å²) in [5.74, 6) is -0.351. The molecule has 8 nitrogen and oxygen atoms in total. The van der Waals surface area contributed by atoms with Gasteiger partial charge in [0.1, 0.15) is 0 Å². The van der Waals surface area contributed by atoms with Gasteiger partial charge in [0.25, 0.3) is 5.91 Å². The van der Waals surface area contributed by atoms with Gasteiger partial charge in [0.05, 0.1) is 17.6 Å². The van der Waals surface area contributed by atoms with Gasteiger partial charge >= 0.3 is 5.69 Å². The number of rotatable bonds is 6. The lowest BCUT2D eigenvalue weighted by Crippen LogP contribution is -2.48. The van der Waals surface area contributed by atoms with Crippen LogP contribution in [0.3, 0.4) is 0 Å². The van der Waals surface area contributed by atoms with Crippen LogP contribution in [-0.4, -0.2) is 59.7 Å². The quantitative estimate of drug-likeness (QED) is 0.600. The number of hydrogen-bond acceptors (Lipinski definition) is 6. The summed E-state index contributed by atoms with van der Waals surface area (Å²) in [7, 11) is 0. The molecule has 2 rings (SSSR count). The van der Waals surface area contributed by atoms with Gasteiger partial charge in [-0.25, -0.2) is 0 Å². The van der Waals surface area contributed by atoms with Crippen LogP contribution < -0.4 is 5.32 Å². The molecule has 8 heteroatoms. The number of carbonyl (C=O) groups excluding carboxylic acids is 1. The lowest BCUT2D eigenvalue weighted by Gasteiger charge is -2.33. The van der Waals surface area contributed by atoms with Crippen molar-refractivity contribution in [3.63, 3.8) is 0 Å². The second-order valence-electron chi connectivity index (χ2n) is 6.32. The summed E-state index contributed by atoms with van der Waals surface area (Å²) in [6.07, 6.45) is -0.0897. The van der Waals surface area contributed by atoms with Crippen LogP contribution in [0.5, 0.6) is 5.75 Å². The Balaban J connectivity index is 1.88. The van der Waals surface area contributed by atoms with E-state index >= 15 is 0 Å². The summed E-state index contributed by atoms with van der Waals surface area (Å²) in [6, 6.07) is 3.53. The molecular weight excluding hydrogens is 314 g/mol. The Morgan fingerprint density at radius 2 is 2.29 bits per heavy atom. The number of morpholine rings is 1. The van der Waals surface area contributed by atoms with Crippen molar-refractivity contribution in [3.05, 3.63) is 33.9 Å². The molecule has 0 saturated carbocycles. The summed E-state index contributed by atoms with van der Waals surface area (Å²) in [4.78, 5) is 24.4. The highest BCUT2D eigenvalue weighted by atomic mass is 16.6. The number of nitro benzene ring substituents is 1. The second-order valence-corrected chi connectivity index (χ2v) is 6.32. The highest BCUT2D eigenvalue weighted by Crippen LogP contribution is 2.26. The van der Waals surface area contributed by atoms with Crippen LogP contribution >= 0.6 is 0 Å². The number of nitrogens with one attached hydrogen (secondary N) is 1. The van der Waals surface area contributed by atoms with Crippen LogP contribution in [0, 0.1) is 16.0 Å². The summed E-state index contributed by atoms with van der Waals surface area (Å²) in [5.41, 5.74) is -0.251. The van der Waals surface area contributed by atoms with Gasteiger partial charge < -0.3 is 15.2 Å². The van der Waals surface area contributed by atoms with Crippen LogP contribution in [-0.2, 0) is 4.74 Å². The highest BCUT2D eigenvalue weighted by molar-refractivity contribution is 5.95. The van der Waals surface area contributed by atoms with E-state index in [0.717, 1.165) is 31.8 Å². The Hall–Kier alpha value is -2.19. The van der Waals surface area contributed by atoms with Gasteiger partial charge in [0.15, 0.2) is 5.75 Å². The molecule has 2 N–H and O–H groups in total. The van der Waals surface area contributed by atoms with E-state index in [4.69, 9.17) is 4.74 Å². The fourth-order valence-electron chi connectivity index (χ4n) is 2.71. The van der Waals surface area contributed by atoms with E-state index < -0.39 is 22.3 Å². The van der Waals surface area contributed by atoms with Crippen LogP contribution in [0.4, 0.5) is 5.69 Å². The minimum Gasteiger partial charge on any atom is -0.502 e.